The highest BCUT2D eigenvalue weighted by molar-refractivity contribution is 6.44. The first kappa shape index (κ1) is 18.4. The fourth-order valence-electron chi connectivity index (χ4n) is 2.15. The highest BCUT2D eigenvalue weighted by Crippen LogP contribution is 2.32. The molecule has 0 bridgehead atoms. The number of rotatable bonds is 3. The van der Waals surface area contributed by atoms with Gasteiger partial charge in [0.15, 0.2) is 0 Å². The van der Waals surface area contributed by atoms with Crippen molar-refractivity contribution in [2.45, 2.75) is 26.2 Å². The van der Waals surface area contributed by atoms with Crippen LogP contribution >= 0.6 is 23.2 Å². The first-order valence-electron chi connectivity index (χ1n) is 7.43. The molecule has 0 aliphatic rings. The second kappa shape index (κ2) is 7.32. The van der Waals surface area contributed by atoms with E-state index in [-0.39, 0.29) is 5.41 Å². The summed E-state index contributed by atoms with van der Waals surface area (Å²) in [6.45, 7) is 6.30. The minimum atomic E-state index is -0.427. The van der Waals surface area contributed by atoms with E-state index in [4.69, 9.17) is 27.9 Å². The van der Waals surface area contributed by atoms with Gasteiger partial charge in [-0.25, -0.2) is 4.79 Å². The molecule has 2 aromatic rings. The Hall–Kier alpha value is -1.91. The standard InChI is InChI=1S/C18H20Cl2N2O2/c1-18(2,3)11-8-9-15(24-4)14(10-11)22-17(23)21-13-7-5-6-12(19)16(13)20/h5-10H,1-4H3,(H2,21,22,23). The molecule has 2 rings (SSSR count). The molecule has 0 saturated heterocycles. The van der Waals surface area contributed by atoms with Crippen LogP contribution < -0.4 is 15.4 Å². The van der Waals surface area contributed by atoms with Gasteiger partial charge in [0.05, 0.1) is 28.5 Å². The maximum atomic E-state index is 12.3. The quantitative estimate of drug-likeness (QED) is 0.705. The normalized spacial score (nSPS) is 11.1. The molecule has 0 aromatic heterocycles. The fraction of sp³-hybridized carbons (Fsp3) is 0.278. The van der Waals surface area contributed by atoms with Crippen LogP contribution in [0.5, 0.6) is 5.75 Å². The average molecular weight is 367 g/mol. The van der Waals surface area contributed by atoms with Crippen LogP contribution in [0.2, 0.25) is 10.0 Å². The number of benzene rings is 2. The third kappa shape index (κ3) is 4.34. The SMILES string of the molecule is COc1ccc(C(C)(C)C)cc1NC(=O)Nc1cccc(Cl)c1Cl. The Morgan fingerprint density at radius 1 is 1.04 bits per heavy atom. The fourth-order valence-corrected chi connectivity index (χ4v) is 2.50. The van der Waals surface area contributed by atoms with E-state index in [1.165, 1.54) is 0 Å². The van der Waals surface area contributed by atoms with Crippen molar-refractivity contribution in [3.8, 4) is 5.75 Å². The van der Waals surface area contributed by atoms with Crippen LogP contribution in [0.25, 0.3) is 0 Å². The molecule has 0 spiro atoms. The molecule has 2 aromatic carbocycles. The van der Waals surface area contributed by atoms with Crippen molar-refractivity contribution in [3.05, 3.63) is 52.0 Å². The van der Waals surface area contributed by atoms with Gasteiger partial charge < -0.3 is 15.4 Å². The molecule has 2 amide bonds. The zero-order chi connectivity index (χ0) is 17.9. The molecule has 6 heteroatoms. The molecule has 128 valence electrons. The molecule has 4 nitrogen and oxygen atoms in total. The largest absolute Gasteiger partial charge is 0.495 e. The zero-order valence-corrected chi connectivity index (χ0v) is 15.5. The number of halogens is 2. The van der Waals surface area contributed by atoms with Crippen LogP contribution in [0.15, 0.2) is 36.4 Å². The third-order valence-corrected chi connectivity index (χ3v) is 4.33. The smallest absolute Gasteiger partial charge is 0.323 e. The van der Waals surface area contributed by atoms with Crippen molar-refractivity contribution >= 4 is 40.6 Å². The molecule has 0 heterocycles. The van der Waals surface area contributed by atoms with Crippen molar-refractivity contribution in [2.75, 3.05) is 17.7 Å². The lowest BCUT2D eigenvalue weighted by Gasteiger charge is -2.21. The predicted octanol–water partition coefficient (Wildman–Crippen LogP) is 5.94. The van der Waals surface area contributed by atoms with Gasteiger partial charge in [-0.1, -0.05) is 56.1 Å². The van der Waals surface area contributed by atoms with Gasteiger partial charge in [-0.15, -0.1) is 0 Å². The van der Waals surface area contributed by atoms with Crippen molar-refractivity contribution in [1.29, 1.82) is 0 Å². The number of carbonyl (C=O) groups is 1. The average Bonchev–Trinajstić information content (AvgIpc) is 2.51. The summed E-state index contributed by atoms with van der Waals surface area (Å²) in [6, 6.07) is 10.3. The van der Waals surface area contributed by atoms with Crippen molar-refractivity contribution in [1.82, 2.24) is 0 Å². The summed E-state index contributed by atoms with van der Waals surface area (Å²) >= 11 is 12.0. The molecule has 0 aliphatic heterocycles. The molecule has 0 fully saturated rings. The molecular formula is C18H20Cl2N2O2. The monoisotopic (exact) mass is 366 g/mol. The molecule has 0 atom stereocenters. The highest BCUT2D eigenvalue weighted by atomic mass is 35.5. The summed E-state index contributed by atoms with van der Waals surface area (Å²) in [4.78, 5) is 12.3. The van der Waals surface area contributed by atoms with Gasteiger partial charge in [-0.2, -0.15) is 0 Å². The van der Waals surface area contributed by atoms with Crippen molar-refractivity contribution < 1.29 is 9.53 Å². The van der Waals surface area contributed by atoms with Crippen LogP contribution in [0.4, 0.5) is 16.2 Å². The Labute approximate surface area is 152 Å². The Bertz CT molecular complexity index is 755. The van der Waals surface area contributed by atoms with Gasteiger partial charge in [0.2, 0.25) is 0 Å². The lowest BCUT2D eigenvalue weighted by Crippen LogP contribution is -2.21. The Kier molecular flexibility index (Phi) is 5.62. The number of urea groups is 1. The predicted molar refractivity (Wildman–Crippen MR) is 101 cm³/mol. The highest BCUT2D eigenvalue weighted by Gasteiger charge is 2.17. The van der Waals surface area contributed by atoms with Gasteiger partial charge in [-0.05, 0) is 35.2 Å². The topological polar surface area (TPSA) is 50.4 Å². The van der Waals surface area contributed by atoms with E-state index >= 15 is 0 Å². The minimum Gasteiger partial charge on any atom is -0.495 e. The second-order valence-corrected chi connectivity index (χ2v) is 7.13. The minimum absolute atomic E-state index is 0.0462. The summed E-state index contributed by atoms with van der Waals surface area (Å²) < 4.78 is 5.32. The molecular weight excluding hydrogens is 347 g/mol. The van der Waals surface area contributed by atoms with E-state index in [9.17, 15) is 4.79 Å². The van der Waals surface area contributed by atoms with Crippen LogP contribution in [-0.2, 0) is 5.41 Å². The summed E-state index contributed by atoms with van der Waals surface area (Å²) in [5, 5.41) is 6.15. The summed E-state index contributed by atoms with van der Waals surface area (Å²) in [5.41, 5.74) is 2.06. The van der Waals surface area contributed by atoms with Gasteiger partial charge in [0, 0.05) is 0 Å². The maximum absolute atomic E-state index is 12.3. The summed E-state index contributed by atoms with van der Waals surface area (Å²) in [5.74, 6) is 0.579. The van der Waals surface area contributed by atoms with Crippen LogP contribution in [0.1, 0.15) is 26.3 Å². The Morgan fingerprint density at radius 3 is 2.33 bits per heavy atom. The lowest BCUT2D eigenvalue weighted by atomic mass is 9.87. The number of amides is 2. The van der Waals surface area contributed by atoms with E-state index in [0.717, 1.165) is 5.56 Å². The van der Waals surface area contributed by atoms with Gasteiger partial charge in [-0.3, -0.25) is 0 Å². The molecule has 2 N–H and O–H groups in total. The Balaban J connectivity index is 2.23. The number of anilines is 2. The van der Waals surface area contributed by atoms with Gasteiger partial charge in [0.1, 0.15) is 5.75 Å². The van der Waals surface area contributed by atoms with Crippen LogP contribution in [0, 0.1) is 0 Å². The van der Waals surface area contributed by atoms with E-state index in [1.54, 1.807) is 25.3 Å². The zero-order valence-electron chi connectivity index (χ0n) is 14.0. The molecule has 0 aliphatic carbocycles. The number of methoxy groups -OCH3 is 1. The summed E-state index contributed by atoms with van der Waals surface area (Å²) in [7, 11) is 1.56. The van der Waals surface area contributed by atoms with E-state index in [2.05, 4.69) is 31.4 Å². The lowest BCUT2D eigenvalue weighted by molar-refractivity contribution is 0.262. The molecule has 0 saturated carbocycles. The number of carbonyl (C=O) groups excluding carboxylic acids is 1. The second-order valence-electron chi connectivity index (χ2n) is 6.35. The summed E-state index contributed by atoms with van der Waals surface area (Å²) in [6.07, 6.45) is 0. The Morgan fingerprint density at radius 2 is 1.71 bits per heavy atom. The number of hydrogen-bond donors (Lipinski definition) is 2. The third-order valence-electron chi connectivity index (χ3n) is 3.51. The van der Waals surface area contributed by atoms with Crippen molar-refractivity contribution in [3.63, 3.8) is 0 Å². The van der Waals surface area contributed by atoms with Crippen LogP contribution in [-0.4, -0.2) is 13.1 Å². The first-order chi connectivity index (χ1) is 11.2. The number of hydrogen-bond acceptors (Lipinski definition) is 2. The molecule has 24 heavy (non-hydrogen) atoms. The molecule has 0 radical (unpaired) electrons. The van der Waals surface area contributed by atoms with Gasteiger partial charge in [0.25, 0.3) is 0 Å². The van der Waals surface area contributed by atoms with Crippen molar-refractivity contribution in [2.24, 2.45) is 0 Å². The van der Waals surface area contributed by atoms with Gasteiger partial charge >= 0.3 is 6.03 Å². The van der Waals surface area contributed by atoms with E-state index < -0.39 is 6.03 Å². The number of nitrogens with one attached hydrogen (secondary N) is 2. The maximum Gasteiger partial charge on any atom is 0.323 e. The first-order valence-corrected chi connectivity index (χ1v) is 8.18. The number of ether oxygens (including phenoxy) is 1. The van der Waals surface area contributed by atoms with E-state index in [1.807, 2.05) is 18.2 Å². The van der Waals surface area contributed by atoms with Crippen LogP contribution in [0.3, 0.4) is 0 Å². The molecule has 0 unspecified atom stereocenters. The van der Waals surface area contributed by atoms with E-state index in [0.29, 0.717) is 27.2 Å².